The molecule has 8 rings (SSSR count). The number of fused-ring (bicyclic) bond motifs is 6. The summed E-state index contributed by atoms with van der Waals surface area (Å²) in [7, 11) is 0. The Labute approximate surface area is 219 Å². The van der Waals surface area contributed by atoms with Gasteiger partial charge >= 0.3 is 6.01 Å². The smallest absolute Gasteiger partial charge is 0.318 e. The molecule has 6 aliphatic rings. The normalized spacial score (nSPS) is 31.5. The van der Waals surface area contributed by atoms with E-state index in [2.05, 4.69) is 21.2 Å². The first kappa shape index (κ1) is 22.6. The molecule has 1 spiro atoms. The van der Waals surface area contributed by atoms with E-state index in [0.717, 1.165) is 51.0 Å². The zero-order chi connectivity index (χ0) is 24.6. The maximum absolute atomic E-state index is 10.3. The Balaban J connectivity index is 1.15. The maximum Gasteiger partial charge on any atom is 0.318 e. The van der Waals surface area contributed by atoms with Crippen molar-refractivity contribution < 1.29 is 9.84 Å². The number of ether oxygens (including phenoxy) is 1. The van der Waals surface area contributed by atoms with Crippen LogP contribution in [0.2, 0.25) is 0 Å². The minimum absolute atomic E-state index is 0.0683. The number of benzene rings is 1. The van der Waals surface area contributed by atoms with Gasteiger partial charge in [-0.2, -0.15) is 9.97 Å². The number of nitrogens with one attached hydrogen (secondary N) is 1. The highest BCUT2D eigenvalue weighted by molar-refractivity contribution is 5.55. The standard InChI is InChI=1S/C30H39N5O2/c36-23-6-3-20-7-11-29(25(20)15-23)12-8-24-26(16-29)32-28(37-19-30-9-1-13-35(30)14-2-10-30)33-27(24)34-17-21-4-5-22(18-34)31-21/h3,6,15,21-22,31,36H,1-2,4-5,7-14,16-19H2/t21-,22+,29?. The van der Waals surface area contributed by atoms with Crippen molar-refractivity contribution in [3.8, 4) is 11.8 Å². The molecule has 0 radical (unpaired) electrons. The van der Waals surface area contributed by atoms with Crippen molar-refractivity contribution in [2.75, 3.05) is 37.7 Å². The van der Waals surface area contributed by atoms with Gasteiger partial charge in [0.2, 0.25) is 0 Å². The van der Waals surface area contributed by atoms with Gasteiger partial charge in [-0.15, -0.1) is 0 Å². The Kier molecular flexibility index (Phi) is 5.07. The monoisotopic (exact) mass is 501 g/mol. The van der Waals surface area contributed by atoms with Gasteiger partial charge in [0.1, 0.15) is 18.2 Å². The summed E-state index contributed by atoms with van der Waals surface area (Å²) < 4.78 is 6.55. The van der Waals surface area contributed by atoms with Crippen LogP contribution in [0.4, 0.5) is 5.82 Å². The first-order valence-electron chi connectivity index (χ1n) is 14.7. The lowest BCUT2D eigenvalue weighted by molar-refractivity contribution is 0.107. The summed E-state index contributed by atoms with van der Waals surface area (Å²) in [5.41, 5.74) is 5.52. The van der Waals surface area contributed by atoms with Crippen LogP contribution < -0.4 is 15.0 Å². The Morgan fingerprint density at radius 1 is 1.00 bits per heavy atom. The van der Waals surface area contributed by atoms with Crippen LogP contribution in [-0.4, -0.2) is 70.4 Å². The van der Waals surface area contributed by atoms with E-state index in [1.807, 2.05) is 12.1 Å². The van der Waals surface area contributed by atoms with Crippen molar-refractivity contribution in [3.05, 3.63) is 40.6 Å². The summed E-state index contributed by atoms with van der Waals surface area (Å²) in [4.78, 5) is 15.5. The van der Waals surface area contributed by atoms with Gasteiger partial charge in [-0.1, -0.05) is 6.07 Å². The molecule has 1 aromatic carbocycles. The Bertz CT molecular complexity index is 1210. The number of aryl methyl sites for hydroxylation is 1. The third-order valence-corrected chi connectivity index (χ3v) is 10.7. The minimum atomic E-state index is 0.0683. The van der Waals surface area contributed by atoms with Gasteiger partial charge in [0.05, 0.1) is 11.2 Å². The van der Waals surface area contributed by atoms with Crippen molar-refractivity contribution in [2.45, 2.75) is 93.7 Å². The molecule has 2 aliphatic carbocycles. The van der Waals surface area contributed by atoms with Crippen molar-refractivity contribution in [3.63, 3.8) is 0 Å². The predicted octanol–water partition coefficient (Wildman–Crippen LogP) is 3.50. The number of piperazine rings is 1. The second kappa shape index (κ2) is 8.31. The van der Waals surface area contributed by atoms with Gasteiger partial charge in [0.15, 0.2) is 0 Å². The summed E-state index contributed by atoms with van der Waals surface area (Å²) in [6.07, 6.45) is 12.8. The summed E-state index contributed by atoms with van der Waals surface area (Å²) >= 11 is 0. The predicted molar refractivity (Wildman–Crippen MR) is 143 cm³/mol. The van der Waals surface area contributed by atoms with Crippen LogP contribution in [0.3, 0.4) is 0 Å². The molecule has 5 heterocycles. The average Bonchev–Trinajstić information content (AvgIpc) is 3.65. The molecule has 0 saturated carbocycles. The van der Waals surface area contributed by atoms with Gasteiger partial charge in [0.25, 0.3) is 0 Å². The average molecular weight is 502 g/mol. The molecule has 7 heteroatoms. The summed E-state index contributed by atoms with van der Waals surface area (Å²) in [5, 5.41) is 14.1. The molecule has 0 amide bonds. The second-order valence-corrected chi connectivity index (χ2v) is 12.8. The fraction of sp³-hybridized carbons (Fsp3) is 0.667. The second-order valence-electron chi connectivity index (χ2n) is 12.8. The van der Waals surface area contributed by atoms with Gasteiger partial charge in [-0.3, -0.25) is 4.90 Å². The fourth-order valence-electron chi connectivity index (χ4n) is 8.85. The number of nitrogens with zero attached hydrogens (tertiary/aromatic N) is 4. The van der Waals surface area contributed by atoms with E-state index in [0.29, 0.717) is 30.5 Å². The minimum Gasteiger partial charge on any atom is -0.508 e. The lowest BCUT2D eigenvalue weighted by Crippen LogP contribution is -2.52. The van der Waals surface area contributed by atoms with E-state index in [4.69, 9.17) is 14.7 Å². The Morgan fingerprint density at radius 2 is 1.78 bits per heavy atom. The van der Waals surface area contributed by atoms with Crippen molar-refractivity contribution >= 4 is 5.82 Å². The zero-order valence-corrected chi connectivity index (χ0v) is 21.8. The molecule has 37 heavy (non-hydrogen) atoms. The summed E-state index contributed by atoms with van der Waals surface area (Å²) in [6.45, 7) is 5.17. The molecule has 196 valence electrons. The van der Waals surface area contributed by atoms with Crippen molar-refractivity contribution in [2.24, 2.45) is 0 Å². The molecule has 2 aromatic rings. The number of phenolic OH excluding ortho intramolecular Hbond substituents is 1. The largest absolute Gasteiger partial charge is 0.508 e. The summed E-state index contributed by atoms with van der Waals surface area (Å²) in [6, 6.07) is 7.71. The van der Waals surface area contributed by atoms with E-state index >= 15 is 0 Å². The molecule has 3 atom stereocenters. The van der Waals surface area contributed by atoms with E-state index in [-0.39, 0.29) is 11.0 Å². The van der Waals surface area contributed by atoms with Crippen LogP contribution in [0, 0.1) is 0 Å². The lowest BCUT2D eigenvalue weighted by atomic mass is 9.69. The van der Waals surface area contributed by atoms with Crippen molar-refractivity contribution in [1.82, 2.24) is 20.2 Å². The zero-order valence-electron chi connectivity index (χ0n) is 21.8. The molecule has 7 nitrogen and oxygen atoms in total. The molecular formula is C30H39N5O2. The van der Waals surface area contributed by atoms with Crippen molar-refractivity contribution in [1.29, 1.82) is 0 Å². The molecule has 2 N–H and O–H groups in total. The van der Waals surface area contributed by atoms with Gasteiger partial charge in [0, 0.05) is 36.2 Å². The number of anilines is 1. The van der Waals surface area contributed by atoms with Crippen LogP contribution in [0.1, 0.15) is 73.8 Å². The van der Waals surface area contributed by atoms with E-state index in [1.165, 1.54) is 74.0 Å². The highest BCUT2D eigenvalue weighted by Gasteiger charge is 2.46. The number of aromatic nitrogens is 2. The van der Waals surface area contributed by atoms with Crippen LogP contribution in [-0.2, 0) is 24.7 Å². The molecule has 1 aromatic heterocycles. The fourth-order valence-corrected chi connectivity index (χ4v) is 8.85. The van der Waals surface area contributed by atoms with Crippen LogP contribution in [0.5, 0.6) is 11.8 Å². The lowest BCUT2D eigenvalue weighted by Gasteiger charge is -2.39. The van der Waals surface area contributed by atoms with Crippen LogP contribution >= 0.6 is 0 Å². The number of hydrogen-bond acceptors (Lipinski definition) is 7. The highest BCUT2D eigenvalue weighted by Crippen LogP contribution is 2.50. The van der Waals surface area contributed by atoms with E-state index in [9.17, 15) is 5.11 Å². The van der Waals surface area contributed by atoms with Gasteiger partial charge < -0.3 is 20.1 Å². The van der Waals surface area contributed by atoms with Gasteiger partial charge in [-0.05, 0) is 107 Å². The number of rotatable bonds is 4. The molecule has 4 aliphatic heterocycles. The van der Waals surface area contributed by atoms with E-state index in [1.54, 1.807) is 0 Å². The number of hydrogen-bond donors (Lipinski definition) is 2. The van der Waals surface area contributed by atoms with Gasteiger partial charge in [-0.25, -0.2) is 0 Å². The maximum atomic E-state index is 10.3. The van der Waals surface area contributed by atoms with Crippen LogP contribution in [0.15, 0.2) is 18.2 Å². The van der Waals surface area contributed by atoms with Crippen LogP contribution in [0.25, 0.3) is 0 Å². The van der Waals surface area contributed by atoms with E-state index < -0.39 is 0 Å². The molecule has 2 bridgehead atoms. The first-order chi connectivity index (χ1) is 18.1. The SMILES string of the molecule is Oc1ccc2c(c1)C1(CC2)CCc2c(nc(OCC34CCCN3CCC4)nc2N2C[C@H]3CC[C@@H](C2)N3)C1. The highest BCUT2D eigenvalue weighted by atomic mass is 16.5. The Hall–Kier alpha value is -2.38. The number of aromatic hydroxyl groups is 1. The molecule has 1 unspecified atom stereocenters. The molecule has 4 fully saturated rings. The third-order valence-electron chi connectivity index (χ3n) is 10.7. The number of phenols is 1. The molecular weight excluding hydrogens is 462 g/mol. The first-order valence-corrected chi connectivity index (χ1v) is 14.7. The topological polar surface area (TPSA) is 73.8 Å². The quantitative estimate of drug-likeness (QED) is 0.664. The Morgan fingerprint density at radius 3 is 2.59 bits per heavy atom. The summed E-state index contributed by atoms with van der Waals surface area (Å²) in [5.74, 6) is 1.51. The third kappa shape index (κ3) is 3.60. The molecule has 4 saturated heterocycles.